The van der Waals surface area contributed by atoms with Gasteiger partial charge in [0.1, 0.15) is 0 Å². The highest BCUT2D eigenvalue weighted by atomic mass is 79.9. The highest BCUT2D eigenvalue weighted by Gasteiger charge is 1.98. The van der Waals surface area contributed by atoms with Crippen molar-refractivity contribution in [1.82, 2.24) is 0 Å². The Bertz CT molecular complexity index is 226. The van der Waals surface area contributed by atoms with Crippen LogP contribution in [0.2, 0.25) is 0 Å². The molecule has 0 aromatic heterocycles. The highest BCUT2D eigenvalue weighted by molar-refractivity contribution is 9.10. The van der Waals surface area contributed by atoms with E-state index in [1.165, 1.54) is 6.07 Å². The predicted molar refractivity (Wildman–Crippen MR) is 39.1 cm³/mol. The first-order valence-corrected chi connectivity index (χ1v) is 3.10. The van der Waals surface area contributed by atoms with Crippen LogP contribution in [0.3, 0.4) is 0 Å². The molecule has 1 aromatic rings. The third kappa shape index (κ3) is 3.36. The molecule has 5 heteroatoms. The van der Waals surface area contributed by atoms with Crippen LogP contribution in [0.15, 0.2) is 22.7 Å². The molecule has 0 saturated carbocycles. The van der Waals surface area contributed by atoms with Crippen LogP contribution in [0.1, 0.15) is 0 Å². The second-order valence-electron chi connectivity index (χ2n) is 1.56. The normalized spacial score (nSPS) is 7.91. The minimum atomic E-state index is -0.829. The first-order valence-electron chi connectivity index (χ1n) is 2.30. The van der Waals surface area contributed by atoms with Crippen LogP contribution >= 0.6 is 15.9 Å². The summed E-state index contributed by atoms with van der Waals surface area (Å²) < 4.78 is 24.8. The summed E-state index contributed by atoms with van der Waals surface area (Å²) in [6, 6.07) is 3.59. The summed E-state index contributed by atoms with van der Waals surface area (Å²) in [4.78, 5) is 0. The summed E-state index contributed by atoms with van der Waals surface area (Å²) in [5, 5.41) is 0. The van der Waals surface area contributed by atoms with Gasteiger partial charge in [0.15, 0.2) is 11.6 Å². The van der Waals surface area contributed by atoms with Crippen molar-refractivity contribution in [3.8, 4) is 0 Å². The van der Waals surface area contributed by atoms with E-state index in [1.54, 1.807) is 0 Å². The molecule has 0 aliphatic heterocycles. The van der Waals surface area contributed by atoms with Gasteiger partial charge in [0.05, 0.1) is 0 Å². The minimum Gasteiger partial charge on any atom is -0.269 e. The molecule has 0 N–H and O–H groups in total. The zero-order chi connectivity index (χ0) is 6.85. The topological polar surface area (TPSA) is 0 Å². The van der Waals surface area contributed by atoms with Crippen LogP contribution < -0.4 is 0 Å². The lowest BCUT2D eigenvalue weighted by molar-refractivity contribution is 0.508. The number of hydrogen-bond donors (Lipinski definition) is 0. The molecular formula is C6H5BrF4. The maximum Gasteiger partial charge on any atom is 0.159 e. The van der Waals surface area contributed by atoms with Crippen LogP contribution in [-0.2, 0) is 0 Å². The van der Waals surface area contributed by atoms with Gasteiger partial charge in [-0.3, -0.25) is 9.41 Å². The van der Waals surface area contributed by atoms with Gasteiger partial charge in [0, 0.05) is 4.47 Å². The van der Waals surface area contributed by atoms with Crippen molar-refractivity contribution >= 4 is 15.9 Å². The van der Waals surface area contributed by atoms with Crippen molar-refractivity contribution in [1.29, 1.82) is 0 Å². The Kier molecular flexibility index (Phi) is 6.07. The van der Waals surface area contributed by atoms with Gasteiger partial charge < -0.3 is 0 Å². The molecule has 0 bridgehead atoms. The van der Waals surface area contributed by atoms with Crippen LogP contribution in [0.5, 0.6) is 0 Å². The zero-order valence-electron chi connectivity index (χ0n) is 5.18. The molecule has 0 fully saturated rings. The summed E-state index contributed by atoms with van der Waals surface area (Å²) in [6.45, 7) is 0. The van der Waals surface area contributed by atoms with Gasteiger partial charge in [0.2, 0.25) is 0 Å². The van der Waals surface area contributed by atoms with E-state index in [9.17, 15) is 8.78 Å². The number of benzene rings is 1. The van der Waals surface area contributed by atoms with Gasteiger partial charge >= 0.3 is 0 Å². The Morgan fingerprint density at radius 2 is 1.55 bits per heavy atom. The second kappa shape index (κ2) is 5.12. The van der Waals surface area contributed by atoms with E-state index >= 15 is 0 Å². The lowest BCUT2D eigenvalue weighted by atomic mass is 10.3. The average Bonchev–Trinajstić information content (AvgIpc) is 1.80. The van der Waals surface area contributed by atoms with Crippen molar-refractivity contribution in [2.75, 3.05) is 0 Å². The lowest BCUT2D eigenvalue weighted by Gasteiger charge is -1.90. The first-order chi connectivity index (χ1) is 4.20. The fourth-order valence-corrected chi connectivity index (χ4v) is 0.804. The Labute approximate surface area is 69.1 Å². The monoisotopic (exact) mass is 232 g/mol. The summed E-state index contributed by atoms with van der Waals surface area (Å²) in [5.41, 5.74) is 0. The SMILES string of the molecule is F.F.Fc1ccc(Br)cc1F. The molecule has 0 amide bonds. The van der Waals surface area contributed by atoms with Crippen molar-refractivity contribution in [3.63, 3.8) is 0 Å². The molecule has 0 radical (unpaired) electrons. The fourth-order valence-electron chi connectivity index (χ4n) is 0.470. The summed E-state index contributed by atoms with van der Waals surface area (Å²) in [7, 11) is 0. The quantitative estimate of drug-likeness (QED) is 0.477. The molecule has 64 valence electrons. The Hall–Kier alpha value is -0.580. The lowest BCUT2D eigenvalue weighted by Crippen LogP contribution is -1.80. The molecule has 0 unspecified atom stereocenters. The van der Waals surface area contributed by atoms with Gasteiger partial charge in [-0.1, -0.05) is 15.9 Å². The minimum absolute atomic E-state index is 0. The number of rotatable bonds is 0. The zero-order valence-corrected chi connectivity index (χ0v) is 6.77. The van der Waals surface area contributed by atoms with Gasteiger partial charge in [-0.05, 0) is 18.2 Å². The molecule has 0 nitrogen and oxygen atoms in total. The van der Waals surface area contributed by atoms with Gasteiger partial charge in [-0.25, -0.2) is 8.78 Å². The first kappa shape index (κ1) is 13.0. The van der Waals surface area contributed by atoms with E-state index in [-0.39, 0.29) is 9.41 Å². The third-order valence-corrected chi connectivity index (χ3v) is 1.37. The average molecular weight is 233 g/mol. The maximum atomic E-state index is 12.2. The Morgan fingerprint density at radius 3 is 1.91 bits per heavy atom. The predicted octanol–water partition coefficient (Wildman–Crippen LogP) is 3.03. The smallest absolute Gasteiger partial charge is 0.159 e. The highest BCUT2D eigenvalue weighted by Crippen LogP contribution is 2.13. The van der Waals surface area contributed by atoms with Crippen LogP contribution in [-0.4, -0.2) is 0 Å². The Morgan fingerprint density at radius 1 is 1.00 bits per heavy atom. The van der Waals surface area contributed by atoms with Crippen LogP contribution in [0.4, 0.5) is 18.2 Å². The summed E-state index contributed by atoms with van der Waals surface area (Å²) in [6.07, 6.45) is 0. The van der Waals surface area contributed by atoms with E-state index < -0.39 is 11.6 Å². The van der Waals surface area contributed by atoms with E-state index in [0.717, 1.165) is 12.1 Å². The van der Waals surface area contributed by atoms with Crippen molar-refractivity contribution < 1.29 is 18.2 Å². The van der Waals surface area contributed by atoms with Gasteiger partial charge in [0.25, 0.3) is 0 Å². The summed E-state index contributed by atoms with van der Waals surface area (Å²) in [5.74, 6) is -1.65. The van der Waals surface area contributed by atoms with Crippen molar-refractivity contribution in [2.45, 2.75) is 0 Å². The molecule has 11 heavy (non-hydrogen) atoms. The third-order valence-electron chi connectivity index (χ3n) is 0.882. The molecule has 1 aromatic carbocycles. The molecule has 0 spiro atoms. The maximum absolute atomic E-state index is 12.2. The number of hydrogen-bond acceptors (Lipinski definition) is 0. The van der Waals surface area contributed by atoms with E-state index in [1.807, 2.05) is 0 Å². The van der Waals surface area contributed by atoms with Gasteiger partial charge in [-0.15, -0.1) is 0 Å². The molecule has 1 rings (SSSR count). The fraction of sp³-hybridized carbons (Fsp3) is 0. The van der Waals surface area contributed by atoms with Crippen LogP contribution in [0, 0.1) is 11.6 Å². The molecule has 0 atom stereocenters. The van der Waals surface area contributed by atoms with Gasteiger partial charge in [-0.2, -0.15) is 0 Å². The Balaban J connectivity index is 0. The molecule has 0 saturated heterocycles. The molecule has 0 aliphatic carbocycles. The van der Waals surface area contributed by atoms with E-state index in [4.69, 9.17) is 0 Å². The van der Waals surface area contributed by atoms with Crippen molar-refractivity contribution in [3.05, 3.63) is 34.3 Å². The second-order valence-corrected chi connectivity index (χ2v) is 2.47. The molecular weight excluding hydrogens is 228 g/mol. The van der Waals surface area contributed by atoms with E-state index in [2.05, 4.69) is 15.9 Å². The largest absolute Gasteiger partial charge is 0.269 e. The van der Waals surface area contributed by atoms with Crippen molar-refractivity contribution in [2.24, 2.45) is 0 Å². The number of halogens is 5. The molecule has 0 aliphatic rings. The van der Waals surface area contributed by atoms with E-state index in [0.29, 0.717) is 4.47 Å². The molecule has 0 heterocycles. The van der Waals surface area contributed by atoms with Crippen LogP contribution in [0.25, 0.3) is 0 Å². The standard InChI is InChI=1S/C6H3BrF2.2FH/c7-4-1-2-5(8)6(9)3-4;;/h1-3H;2*1H. The summed E-state index contributed by atoms with van der Waals surface area (Å²) >= 11 is 2.99.